The topological polar surface area (TPSA) is 138 Å². The molecule has 5 rings (SSSR count). The maximum absolute atomic E-state index is 13.2. The number of aldehydes is 1. The molecule has 4 atom stereocenters. The van der Waals surface area contributed by atoms with Gasteiger partial charge in [-0.1, -0.05) is 13.0 Å². The minimum Gasteiger partial charge on any atom is -0.393 e. The second-order valence-corrected chi connectivity index (χ2v) is 9.84. The molecule has 2 aromatic rings. The molecule has 34 heavy (non-hydrogen) atoms. The van der Waals surface area contributed by atoms with Gasteiger partial charge < -0.3 is 20.6 Å². The van der Waals surface area contributed by atoms with E-state index in [0.717, 1.165) is 10.5 Å². The normalized spacial score (nSPS) is 24.9. The smallest absolute Gasteiger partial charge is 0.236 e. The molecule has 0 bridgehead atoms. The summed E-state index contributed by atoms with van der Waals surface area (Å²) in [6.45, 7) is 3.78. The molecule has 3 aliphatic heterocycles. The standard InChI is InChI=1S/C23H23N5O5S/c1-11-17(14(9-29)28-20(11)18(12(2)30)22(28)33)15-7-27-10-25-19(23(27)34-15)21(32)13-4-3-5-26(6-13)8-16(24)31/h3-5,7,9-12,18,20,30H,6,8H2,1-2H3,(H2,24,31)/t11-,12+,18?,20+/m0/s1. The summed E-state index contributed by atoms with van der Waals surface area (Å²) in [5.41, 5.74) is 7.07. The fraction of sp³-hybridized carbons (Fsp3) is 0.348. The molecule has 10 nitrogen and oxygen atoms in total. The number of carbonyl (C=O) groups is 4. The Labute approximate surface area is 198 Å². The summed E-state index contributed by atoms with van der Waals surface area (Å²) in [6, 6.07) is -0.265. The summed E-state index contributed by atoms with van der Waals surface area (Å²) >= 11 is 1.33. The van der Waals surface area contributed by atoms with E-state index in [-0.39, 0.29) is 42.4 Å². The Morgan fingerprint density at radius 1 is 1.41 bits per heavy atom. The predicted molar refractivity (Wildman–Crippen MR) is 123 cm³/mol. The van der Waals surface area contributed by atoms with Crippen LogP contribution in [0, 0.1) is 11.8 Å². The zero-order valence-electron chi connectivity index (χ0n) is 18.5. The molecule has 1 unspecified atom stereocenters. The van der Waals surface area contributed by atoms with E-state index in [4.69, 9.17) is 5.73 Å². The molecule has 0 aliphatic carbocycles. The van der Waals surface area contributed by atoms with Crippen LogP contribution in [-0.2, 0) is 14.4 Å². The number of carbonyl (C=O) groups excluding carboxylic acids is 4. The molecule has 0 saturated carbocycles. The third-order valence-corrected chi connectivity index (χ3v) is 7.78. The van der Waals surface area contributed by atoms with Gasteiger partial charge in [-0.05, 0) is 19.2 Å². The SMILES string of the molecule is C[C@@H](O)C1C(=O)N2C(C=O)=C(c3cn4cnc(C(=O)C5=CC=CN(CC(N)=O)C5)c4s3)[C@H](C)[C@H]12. The van der Waals surface area contributed by atoms with Crippen molar-refractivity contribution in [2.24, 2.45) is 17.6 Å². The highest BCUT2D eigenvalue weighted by atomic mass is 32.1. The molecule has 0 spiro atoms. The number of nitrogens with two attached hydrogens (primary N) is 1. The monoisotopic (exact) mass is 481 g/mol. The van der Waals surface area contributed by atoms with Gasteiger partial charge in [0.25, 0.3) is 0 Å². The first-order valence-corrected chi connectivity index (χ1v) is 11.7. The zero-order valence-corrected chi connectivity index (χ0v) is 19.4. The highest BCUT2D eigenvalue weighted by Crippen LogP contribution is 2.50. The van der Waals surface area contributed by atoms with E-state index in [2.05, 4.69) is 4.98 Å². The minimum absolute atomic E-state index is 0.00717. The van der Waals surface area contributed by atoms with Crippen LogP contribution in [0.4, 0.5) is 0 Å². The molecule has 3 N–H and O–H groups in total. The number of thiazole rings is 1. The summed E-state index contributed by atoms with van der Waals surface area (Å²) in [5.74, 6) is -1.69. The second kappa shape index (κ2) is 8.03. The van der Waals surface area contributed by atoms with Crippen molar-refractivity contribution >= 4 is 45.6 Å². The zero-order chi connectivity index (χ0) is 24.3. The number of rotatable bonds is 7. The third kappa shape index (κ3) is 3.23. The molecule has 1 saturated heterocycles. The summed E-state index contributed by atoms with van der Waals surface area (Å²) in [6.07, 6.45) is 8.32. The van der Waals surface area contributed by atoms with E-state index >= 15 is 0 Å². The largest absolute Gasteiger partial charge is 0.393 e. The van der Waals surface area contributed by atoms with Crippen LogP contribution < -0.4 is 5.73 Å². The van der Waals surface area contributed by atoms with Crippen molar-refractivity contribution in [2.75, 3.05) is 13.1 Å². The van der Waals surface area contributed by atoms with Crippen LogP contribution in [0.15, 0.2) is 42.1 Å². The van der Waals surface area contributed by atoms with Gasteiger partial charge in [0, 0.05) is 29.8 Å². The highest BCUT2D eigenvalue weighted by molar-refractivity contribution is 7.18. The minimum atomic E-state index is -0.803. The molecular formula is C23H23N5O5S. The predicted octanol–water partition coefficient (Wildman–Crippen LogP) is 0.587. The number of aliphatic hydroxyl groups excluding tert-OH is 1. The summed E-state index contributed by atoms with van der Waals surface area (Å²) in [7, 11) is 0. The third-order valence-electron chi connectivity index (χ3n) is 6.63. The van der Waals surface area contributed by atoms with Gasteiger partial charge in [0.1, 0.15) is 16.9 Å². The fourth-order valence-corrected chi connectivity index (χ4v) is 6.36. The number of amides is 2. The summed E-state index contributed by atoms with van der Waals surface area (Å²) < 4.78 is 1.74. The first kappa shape index (κ1) is 22.2. The molecule has 5 heterocycles. The van der Waals surface area contributed by atoms with Crippen LogP contribution >= 0.6 is 11.3 Å². The van der Waals surface area contributed by atoms with Crippen molar-refractivity contribution in [3.63, 3.8) is 0 Å². The lowest BCUT2D eigenvalue weighted by Crippen LogP contribution is -2.63. The van der Waals surface area contributed by atoms with Crippen molar-refractivity contribution in [1.82, 2.24) is 19.2 Å². The number of Topliss-reactive ketones (excluding diaryl/α,β-unsaturated/α-hetero) is 1. The van der Waals surface area contributed by atoms with E-state index in [1.165, 1.54) is 16.2 Å². The highest BCUT2D eigenvalue weighted by Gasteiger charge is 2.58. The van der Waals surface area contributed by atoms with Gasteiger partial charge in [-0.25, -0.2) is 4.98 Å². The van der Waals surface area contributed by atoms with Crippen molar-refractivity contribution < 1.29 is 24.3 Å². The number of imidazole rings is 1. The average molecular weight is 482 g/mol. The Hall–Kier alpha value is -3.57. The number of fused-ring (bicyclic) bond motifs is 2. The van der Waals surface area contributed by atoms with E-state index in [0.29, 0.717) is 22.4 Å². The van der Waals surface area contributed by atoms with Crippen LogP contribution in [0.25, 0.3) is 10.4 Å². The van der Waals surface area contributed by atoms with Crippen molar-refractivity contribution in [1.29, 1.82) is 0 Å². The van der Waals surface area contributed by atoms with E-state index < -0.39 is 17.9 Å². The van der Waals surface area contributed by atoms with Gasteiger partial charge in [-0.15, -0.1) is 11.3 Å². The number of aromatic nitrogens is 2. The molecule has 176 valence electrons. The second-order valence-electron chi connectivity index (χ2n) is 8.81. The Morgan fingerprint density at radius 2 is 2.18 bits per heavy atom. The summed E-state index contributed by atoms with van der Waals surface area (Å²) in [4.78, 5) is 57.8. The molecule has 2 amide bonds. The molecule has 11 heteroatoms. The Morgan fingerprint density at radius 3 is 2.85 bits per heavy atom. The van der Waals surface area contributed by atoms with Gasteiger partial charge in [0.15, 0.2) is 6.29 Å². The molecular weight excluding hydrogens is 458 g/mol. The lowest BCUT2D eigenvalue weighted by molar-refractivity contribution is -0.160. The molecule has 0 aromatic carbocycles. The van der Waals surface area contributed by atoms with Crippen molar-refractivity contribution in [3.05, 3.63) is 52.7 Å². The van der Waals surface area contributed by atoms with Crippen LogP contribution in [0.5, 0.6) is 0 Å². The molecule has 2 aromatic heterocycles. The van der Waals surface area contributed by atoms with Gasteiger partial charge in [0.05, 0.1) is 35.2 Å². The number of allylic oxidation sites excluding steroid dienone is 3. The van der Waals surface area contributed by atoms with E-state index in [9.17, 15) is 24.3 Å². The number of aliphatic hydroxyl groups is 1. The number of primary amides is 1. The molecule has 0 radical (unpaired) electrons. The first-order chi connectivity index (χ1) is 16.2. The number of nitrogens with zero attached hydrogens (tertiary/aromatic N) is 4. The van der Waals surface area contributed by atoms with E-state index in [1.807, 2.05) is 6.92 Å². The maximum Gasteiger partial charge on any atom is 0.236 e. The Bertz CT molecular complexity index is 1330. The number of β-lactam (4-membered cyclic amide) rings is 1. The maximum atomic E-state index is 13.2. The van der Waals surface area contributed by atoms with Crippen molar-refractivity contribution in [2.45, 2.75) is 26.0 Å². The van der Waals surface area contributed by atoms with Gasteiger partial charge in [0.2, 0.25) is 17.6 Å². The lowest BCUT2D eigenvalue weighted by atomic mass is 9.77. The number of hydrogen-bond acceptors (Lipinski definition) is 8. The Balaban J connectivity index is 1.47. The fourth-order valence-electron chi connectivity index (χ4n) is 5.14. The molecule has 3 aliphatic rings. The van der Waals surface area contributed by atoms with Crippen molar-refractivity contribution in [3.8, 4) is 0 Å². The van der Waals surface area contributed by atoms with Gasteiger partial charge >= 0.3 is 0 Å². The Kier molecular flexibility index (Phi) is 5.25. The first-order valence-electron chi connectivity index (χ1n) is 10.8. The van der Waals surface area contributed by atoms with Crippen LogP contribution in [0.3, 0.4) is 0 Å². The van der Waals surface area contributed by atoms with Crippen LogP contribution in [0.2, 0.25) is 0 Å². The number of ketones is 1. The van der Waals surface area contributed by atoms with Crippen LogP contribution in [-0.4, -0.2) is 73.4 Å². The number of hydrogen-bond donors (Lipinski definition) is 2. The van der Waals surface area contributed by atoms with Gasteiger partial charge in [-0.3, -0.25) is 23.6 Å². The average Bonchev–Trinajstić information content (AvgIpc) is 3.42. The molecule has 1 fully saturated rings. The van der Waals surface area contributed by atoms with Gasteiger partial charge in [-0.2, -0.15) is 0 Å². The quantitative estimate of drug-likeness (QED) is 0.335. The van der Waals surface area contributed by atoms with E-state index in [1.54, 1.807) is 47.1 Å². The summed E-state index contributed by atoms with van der Waals surface area (Å²) in [5, 5.41) is 10.1. The lowest BCUT2D eigenvalue weighted by Gasteiger charge is -2.46. The van der Waals surface area contributed by atoms with Crippen LogP contribution in [0.1, 0.15) is 29.2 Å².